The number of hydrogen-bond acceptors (Lipinski definition) is 9. The van der Waals surface area contributed by atoms with Crippen molar-refractivity contribution in [2.75, 3.05) is 39.3 Å². The highest BCUT2D eigenvalue weighted by Crippen LogP contribution is 2.80. The van der Waals surface area contributed by atoms with Crippen LogP contribution >= 0.6 is 0 Å². The maximum absolute atomic E-state index is 14.4. The minimum absolute atomic E-state index is 0.0850. The van der Waals surface area contributed by atoms with E-state index in [-0.39, 0.29) is 6.10 Å². The summed E-state index contributed by atoms with van der Waals surface area (Å²) in [5.74, 6) is -0.155. The van der Waals surface area contributed by atoms with E-state index in [1.807, 2.05) is 13.1 Å². The first-order valence-electron chi connectivity index (χ1n) is 16.5. The first-order valence-corrected chi connectivity index (χ1v) is 18.7. The molecule has 244 valence electrons. The number of carbonyl (C=O) groups excluding carboxylic acids is 2. The Morgan fingerprint density at radius 3 is 2.30 bits per heavy atom. The lowest BCUT2D eigenvalue weighted by Crippen LogP contribution is -2.78. The lowest BCUT2D eigenvalue weighted by molar-refractivity contribution is -0.227. The normalized spacial score (nSPS) is 37.0. The highest BCUT2D eigenvalue weighted by Gasteiger charge is 2.95. The molecule has 0 amide bonds. The van der Waals surface area contributed by atoms with Crippen molar-refractivity contribution >= 4 is 25.9 Å². The van der Waals surface area contributed by atoms with Crippen LogP contribution in [0.4, 0.5) is 5.69 Å². The van der Waals surface area contributed by atoms with Crippen LogP contribution in [0, 0.1) is 5.41 Å². The number of likely N-dealkylation sites (N-methyl/N-ethyl adjacent to an activating group) is 1. The Morgan fingerprint density at radius 1 is 1.09 bits per heavy atom. The fourth-order valence-electron chi connectivity index (χ4n) is 11.6. The summed E-state index contributed by atoms with van der Waals surface area (Å²) < 4.78 is 32.6. The van der Waals surface area contributed by atoms with Gasteiger partial charge in [-0.05, 0) is 47.5 Å². The van der Waals surface area contributed by atoms with Gasteiger partial charge in [0.2, 0.25) is 13.9 Å². The van der Waals surface area contributed by atoms with Gasteiger partial charge in [-0.15, -0.1) is 0 Å². The van der Waals surface area contributed by atoms with Crippen molar-refractivity contribution in [1.82, 2.24) is 4.90 Å². The highest BCUT2D eigenvalue weighted by molar-refractivity contribution is 6.77. The van der Waals surface area contributed by atoms with Gasteiger partial charge in [-0.3, -0.25) is 9.69 Å². The molecule has 0 aliphatic carbocycles. The molecule has 5 heterocycles. The van der Waals surface area contributed by atoms with Crippen molar-refractivity contribution in [3.8, 4) is 5.75 Å². The second kappa shape index (κ2) is 10.2. The maximum atomic E-state index is 14.4. The summed E-state index contributed by atoms with van der Waals surface area (Å²) in [6.07, 6.45) is 1.17. The Bertz CT molecular complexity index is 1330. The van der Waals surface area contributed by atoms with Crippen LogP contribution in [-0.2, 0) is 33.6 Å². The van der Waals surface area contributed by atoms with E-state index >= 15 is 0 Å². The van der Waals surface area contributed by atoms with E-state index in [9.17, 15) is 9.59 Å². The molecule has 9 nitrogen and oxygen atoms in total. The number of piperidine rings is 1. The second-order valence-electron chi connectivity index (χ2n) is 14.9. The van der Waals surface area contributed by atoms with Gasteiger partial charge in [-0.2, -0.15) is 0 Å². The Labute approximate surface area is 264 Å². The summed E-state index contributed by atoms with van der Waals surface area (Å²) in [4.78, 5) is 32.0. The van der Waals surface area contributed by atoms with Crippen LogP contribution in [0.3, 0.4) is 0 Å². The quantitative estimate of drug-likeness (QED) is 0.264. The van der Waals surface area contributed by atoms with Crippen LogP contribution in [0.2, 0.25) is 16.6 Å². The van der Waals surface area contributed by atoms with Gasteiger partial charge in [0.05, 0.1) is 37.2 Å². The molecule has 5 aliphatic rings. The van der Waals surface area contributed by atoms with Gasteiger partial charge in [0.15, 0.2) is 6.10 Å². The summed E-state index contributed by atoms with van der Waals surface area (Å²) in [6.45, 7) is 19.0. The summed E-state index contributed by atoms with van der Waals surface area (Å²) in [7, 11) is 2.85. The molecule has 0 N–H and O–H groups in total. The van der Waals surface area contributed by atoms with Crippen LogP contribution < -0.4 is 9.64 Å². The SMILES string of the molecule is CC[C@@]12C[C@H](O[Si](C(C)C)(C(C)C)C(C)C)CN3CC[C@]45c6ccc(OC)cc6N(C)[C@H]4[C@](C(=O)OC)(O[C@@]315)[C@@H]2OC(C)=O. The lowest BCUT2D eigenvalue weighted by Gasteiger charge is -2.62. The number of ether oxygens (including phenoxy) is 4. The number of methoxy groups -OCH3 is 2. The average molecular weight is 629 g/mol. The molecule has 0 radical (unpaired) electrons. The fourth-order valence-corrected chi connectivity index (χ4v) is 17.1. The average Bonchev–Trinajstić information content (AvgIpc) is 3.61. The van der Waals surface area contributed by atoms with Crippen LogP contribution in [-0.4, -0.2) is 89.1 Å². The van der Waals surface area contributed by atoms with E-state index in [1.54, 1.807) is 7.11 Å². The third-order valence-corrected chi connectivity index (χ3v) is 18.7. The van der Waals surface area contributed by atoms with Crippen molar-refractivity contribution in [2.24, 2.45) is 5.41 Å². The van der Waals surface area contributed by atoms with Gasteiger partial charge < -0.3 is 28.3 Å². The molecular formula is C34H52N2O7Si. The predicted octanol–water partition coefficient (Wildman–Crippen LogP) is 5.40. The third-order valence-electron chi connectivity index (χ3n) is 12.5. The first-order chi connectivity index (χ1) is 20.7. The summed E-state index contributed by atoms with van der Waals surface area (Å²) >= 11 is 0. The minimum atomic E-state index is -2.25. The molecule has 44 heavy (non-hydrogen) atoms. The molecule has 7 atom stereocenters. The van der Waals surface area contributed by atoms with Crippen LogP contribution in [0.1, 0.15) is 80.2 Å². The second-order valence-corrected chi connectivity index (χ2v) is 20.3. The highest BCUT2D eigenvalue weighted by atomic mass is 28.4. The van der Waals surface area contributed by atoms with Gasteiger partial charge in [-0.1, -0.05) is 54.5 Å². The van der Waals surface area contributed by atoms with E-state index in [1.165, 1.54) is 14.0 Å². The largest absolute Gasteiger partial charge is 0.497 e. The van der Waals surface area contributed by atoms with E-state index in [0.717, 1.165) is 30.0 Å². The van der Waals surface area contributed by atoms with E-state index in [0.29, 0.717) is 36.0 Å². The standard InChI is InChI=1S/C34H52N2O7Si/c1-12-31-18-25(42-44(20(2)3,21(4)5)22(6)7)19-36-16-15-32-26-14-13-24(39-10)17-27(26)35(9)28(32)33(30(38)40-11,43-34(31,32)36)29(31)41-23(8)37/h13-14,17,20-22,25,28-29H,12,15-16,18-19H2,1-11H3/t25-,28+,29+,31-,32-,33-,34-/m0/s1. The molecule has 1 aromatic carbocycles. The molecule has 2 bridgehead atoms. The molecule has 0 aromatic heterocycles. The predicted molar refractivity (Wildman–Crippen MR) is 170 cm³/mol. The number of carbonyl (C=O) groups is 2. The smallest absolute Gasteiger partial charge is 0.344 e. The Morgan fingerprint density at radius 2 is 1.75 bits per heavy atom. The Hall–Kier alpha value is -2.14. The number of rotatable bonds is 9. The van der Waals surface area contributed by atoms with E-state index < -0.39 is 54.6 Å². The topological polar surface area (TPSA) is 86.8 Å². The maximum Gasteiger partial charge on any atom is 0.344 e. The third kappa shape index (κ3) is 3.36. The monoisotopic (exact) mass is 628 g/mol. The summed E-state index contributed by atoms with van der Waals surface area (Å²) in [5, 5.41) is 0. The van der Waals surface area contributed by atoms with E-state index in [4.69, 9.17) is 23.4 Å². The van der Waals surface area contributed by atoms with Gasteiger partial charge in [0.25, 0.3) is 0 Å². The van der Waals surface area contributed by atoms with Crippen molar-refractivity contribution in [3.63, 3.8) is 0 Å². The van der Waals surface area contributed by atoms with Gasteiger partial charge in [0, 0.05) is 38.8 Å². The number of esters is 2. The number of fused-ring (bicyclic) bond motifs is 3. The van der Waals surface area contributed by atoms with Gasteiger partial charge in [-0.25, -0.2) is 4.79 Å². The first kappa shape index (κ1) is 31.8. The molecule has 4 fully saturated rings. The zero-order chi connectivity index (χ0) is 32.2. The zero-order valence-corrected chi connectivity index (χ0v) is 29.5. The van der Waals surface area contributed by atoms with Crippen LogP contribution in [0.15, 0.2) is 18.2 Å². The minimum Gasteiger partial charge on any atom is -0.497 e. The molecule has 0 saturated carbocycles. The van der Waals surface area contributed by atoms with Crippen molar-refractivity contribution in [3.05, 3.63) is 23.8 Å². The molecule has 2 spiro atoms. The van der Waals surface area contributed by atoms with Gasteiger partial charge >= 0.3 is 11.9 Å². The zero-order valence-electron chi connectivity index (χ0n) is 28.5. The van der Waals surface area contributed by atoms with Crippen molar-refractivity contribution < 1.29 is 33.0 Å². The van der Waals surface area contributed by atoms with E-state index in [2.05, 4.69) is 70.4 Å². The molecule has 10 heteroatoms. The molecule has 1 aromatic rings. The summed E-state index contributed by atoms with van der Waals surface area (Å²) in [5.41, 5.74) is -0.202. The number of nitrogens with zero attached hydrogens (tertiary/aromatic N) is 2. The molecule has 5 aliphatic heterocycles. The van der Waals surface area contributed by atoms with Crippen molar-refractivity contribution in [2.45, 2.75) is 126 Å². The molecule has 6 rings (SSSR count). The Balaban J connectivity index is 1.60. The van der Waals surface area contributed by atoms with Crippen LogP contribution in [0.5, 0.6) is 5.75 Å². The summed E-state index contributed by atoms with van der Waals surface area (Å²) in [6, 6.07) is 5.81. The van der Waals surface area contributed by atoms with Gasteiger partial charge in [0.1, 0.15) is 11.5 Å². The number of hydrogen-bond donors (Lipinski definition) is 0. The lowest BCUT2D eigenvalue weighted by atomic mass is 9.47. The Kier molecular flexibility index (Phi) is 7.36. The molecule has 4 saturated heterocycles. The van der Waals surface area contributed by atoms with Crippen molar-refractivity contribution in [1.29, 1.82) is 0 Å². The number of benzene rings is 1. The fraction of sp³-hybridized carbons (Fsp3) is 0.765. The van der Waals surface area contributed by atoms with Crippen LogP contribution in [0.25, 0.3) is 0 Å². The molecular weight excluding hydrogens is 576 g/mol. The molecule has 0 unspecified atom stereocenters. The number of anilines is 1.